The largest absolute Gasteiger partial charge is 0.357 e. The molecule has 1 aliphatic carbocycles. The Morgan fingerprint density at radius 1 is 1.38 bits per heavy atom. The lowest BCUT2D eigenvalue weighted by Gasteiger charge is -2.00. The fourth-order valence-corrected chi connectivity index (χ4v) is 2.72. The second-order valence-corrected chi connectivity index (χ2v) is 5.59. The number of hydrogen-bond acceptors (Lipinski definition) is 4. The van der Waals surface area contributed by atoms with Crippen molar-refractivity contribution in [1.82, 2.24) is 10.2 Å². The molecule has 0 radical (unpaired) electrons. The molecule has 16 heavy (non-hydrogen) atoms. The number of aromatic amines is 1. The van der Waals surface area contributed by atoms with Crippen molar-refractivity contribution in [3.63, 3.8) is 0 Å². The van der Waals surface area contributed by atoms with Gasteiger partial charge in [0.25, 0.3) is 0 Å². The Bertz CT molecular complexity index is 531. The Labute approximate surface area is 103 Å². The van der Waals surface area contributed by atoms with Gasteiger partial charge in [0.1, 0.15) is 0 Å². The standard InChI is InChI=1S/C11H11N3S2/c15-11-14-13-10(16-11)12-9-6-8(9)7-4-2-1-3-5-7/h1-5,8-9H,6H2,(H,12,13)(H,14,15). The van der Waals surface area contributed by atoms with Crippen LogP contribution in [0.4, 0.5) is 5.13 Å². The Morgan fingerprint density at radius 2 is 2.19 bits per heavy atom. The van der Waals surface area contributed by atoms with Crippen molar-refractivity contribution >= 4 is 28.7 Å². The van der Waals surface area contributed by atoms with Crippen LogP contribution < -0.4 is 5.32 Å². The summed E-state index contributed by atoms with van der Waals surface area (Å²) in [7, 11) is 0. The predicted octanol–water partition coefficient (Wildman–Crippen LogP) is 3.17. The van der Waals surface area contributed by atoms with E-state index < -0.39 is 0 Å². The number of aromatic nitrogens is 2. The third kappa shape index (κ3) is 2.01. The smallest absolute Gasteiger partial charge is 0.204 e. The van der Waals surface area contributed by atoms with Crippen LogP contribution in [0.5, 0.6) is 0 Å². The highest BCUT2D eigenvalue weighted by Crippen LogP contribution is 2.42. The van der Waals surface area contributed by atoms with Gasteiger partial charge in [0.05, 0.1) is 0 Å². The van der Waals surface area contributed by atoms with Gasteiger partial charge in [-0.2, -0.15) is 0 Å². The van der Waals surface area contributed by atoms with Crippen LogP contribution in [0.15, 0.2) is 30.3 Å². The first kappa shape index (κ1) is 9.99. The second-order valence-electron chi connectivity index (χ2n) is 3.92. The summed E-state index contributed by atoms with van der Waals surface area (Å²) in [5.74, 6) is 0.624. The minimum atomic E-state index is 0.511. The SMILES string of the molecule is S=c1[nH]nc(NC2CC2c2ccccc2)s1. The van der Waals surface area contributed by atoms with E-state index in [2.05, 4.69) is 39.8 Å². The van der Waals surface area contributed by atoms with Gasteiger partial charge in [0.2, 0.25) is 5.13 Å². The number of nitrogens with one attached hydrogen (secondary N) is 2. The highest BCUT2D eigenvalue weighted by Gasteiger charge is 2.38. The summed E-state index contributed by atoms with van der Waals surface area (Å²) in [6.45, 7) is 0. The second kappa shape index (κ2) is 3.99. The molecule has 1 heterocycles. The molecule has 3 nitrogen and oxygen atoms in total. The number of hydrogen-bond donors (Lipinski definition) is 2. The van der Waals surface area contributed by atoms with E-state index in [0.717, 1.165) is 9.09 Å². The fraction of sp³-hybridized carbons (Fsp3) is 0.273. The lowest BCUT2D eigenvalue weighted by Crippen LogP contribution is -2.03. The van der Waals surface area contributed by atoms with Crippen LogP contribution in [-0.4, -0.2) is 16.2 Å². The Balaban J connectivity index is 1.67. The van der Waals surface area contributed by atoms with Crippen molar-refractivity contribution in [3.05, 3.63) is 39.8 Å². The Kier molecular flexibility index (Phi) is 2.49. The van der Waals surface area contributed by atoms with Gasteiger partial charge in [0.15, 0.2) is 3.95 Å². The molecule has 82 valence electrons. The van der Waals surface area contributed by atoms with Gasteiger partial charge in [-0.1, -0.05) is 41.7 Å². The number of benzene rings is 1. The van der Waals surface area contributed by atoms with Gasteiger partial charge in [-0.15, -0.1) is 5.10 Å². The molecule has 5 heteroatoms. The maximum Gasteiger partial charge on any atom is 0.204 e. The average molecular weight is 249 g/mol. The topological polar surface area (TPSA) is 40.7 Å². The molecule has 1 fully saturated rings. The van der Waals surface area contributed by atoms with Crippen molar-refractivity contribution in [2.45, 2.75) is 18.4 Å². The molecule has 1 aromatic carbocycles. The number of nitrogens with zero attached hydrogens (tertiary/aromatic N) is 1. The van der Waals surface area contributed by atoms with E-state index in [1.165, 1.54) is 23.3 Å². The number of anilines is 1. The van der Waals surface area contributed by atoms with E-state index in [4.69, 9.17) is 12.2 Å². The van der Waals surface area contributed by atoms with Crippen LogP contribution in [0.1, 0.15) is 17.9 Å². The fourth-order valence-electron chi connectivity index (χ4n) is 1.87. The molecule has 1 saturated carbocycles. The summed E-state index contributed by atoms with van der Waals surface area (Å²) < 4.78 is 0.722. The zero-order valence-corrected chi connectivity index (χ0v) is 10.1. The summed E-state index contributed by atoms with van der Waals surface area (Å²) in [6.07, 6.45) is 1.18. The Morgan fingerprint density at radius 3 is 2.88 bits per heavy atom. The molecule has 1 aromatic heterocycles. The predicted molar refractivity (Wildman–Crippen MR) is 68.5 cm³/mol. The van der Waals surface area contributed by atoms with E-state index in [0.29, 0.717) is 12.0 Å². The molecule has 1 aliphatic rings. The van der Waals surface area contributed by atoms with E-state index in [1.807, 2.05) is 6.07 Å². The first-order valence-electron chi connectivity index (χ1n) is 5.20. The molecule has 0 bridgehead atoms. The highest BCUT2D eigenvalue weighted by molar-refractivity contribution is 7.73. The molecule has 0 amide bonds. The van der Waals surface area contributed by atoms with Gasteiger partial charge >= 0.3 is 0 Å². The zero-order valence-electron chi connectivity index (χ0n) is 8.51. The maximum atomic E-state index is 4.99. The lowest BCUT2D eigenvalue weighted by atomic mass is 10.1. The van der Waals surface area contributed by atoms with Crippen LogP contribution in [-0.2, 0) is 0 Å². The molecule has 0 spiro atoms. The maximum absolute atomic E-state index is 4.99. The molecule has 0 aliphatic heterocycles. The van der Waals surface area contributed by atoms with Crippen molar-refractivity contribution < 1.29 is 0 Å². The van der Waals surface area contributed by atoms with Crippen molar-refractivity contribution in [2.24, 2.45) is 0 Å². The van der Waals surface area contributed by atoms with Crippen molar-refractivity contribution in [2.75, 3.05) is 5.32 Å². The summed E-state index contributed by atoms with van der Waals surface area (Å²) >= 11 is 6.48. The van der Waals surface area contributed by atoms with E-state index in [-0.39, 0.29) is 0 Å². The van der Waals surface area contributed by atoms with E-state index in [9.17, 15) is 0 Å². The van der Waals surface area contributed by atoms with Gasteiger partial charge < -0.3 is 5.32 Å². The first-order chi connectivity index (χ1) is 7.83. The minimum absolute atomic E-state index is 0.511. The highest BCUT2D eigenvalue weighted by atomic mass is 32.1. The van der Waals surface area contributed by atoms with Gasteiger partial charge in [-0.3, -0.25) is 5.10 Å². The van der Waals surface area contributed by atoms with Crippen LogP contribution in [0, 0.1) is 3.95 Å². The third-order valence-corrected chi connectivity index (χ3v) is 3.79. The quantitative estimate of drug-likeness (QED) is 0.821. The molecule has 2 unspecified atom stereocenters. The summed E-state index contributed by atoms with van der Waals surface area (Å²) in [4.78, 5) is 0. The first-order valence-corrected chi connectivity index (χ1v) is 6.42. The van der Waals surface area contributed by atoms with E-state index in [1.54, 1.807) is 0 Å². The zero-order chi connectivity index (χ0) is 11.0. The van der Waals surface area contributed by atoms with Gasteiger partial charge in [0, 0.05) is 12.0 Å². The van der Waals surface area contributed by atoms with E-state index >= 15 is 0 Å². The lowest BCUT2D eigenvalue weighted by molar-refractivity contribution is 1.01. The van der Waals surface area contributed by atoms with Crippen LogP contribution >= 0.6 is 23.6 Å². The van der Waals surface area contributed by atoms with Gasteiger partial charge in [-0.25, -0.2) is 0 Å². The summed E-state index contributed by atoms with van der Waals surface area (Å²) in [5.41, 5.74) is 1.40. The molecule has 2 N–H and O–H groups in total. The summed E-state index contributed by atoms with van der Waals surface area (Å²) in [5, 5.41) is 11.2. The Hall–Kier alpha value is -1.20. The number of rotatable bonds is 3. The third-order valence-electron chi connectivity index (χ3n) is 2.77. The summed E-state index contributed by atoms with van der Waals surface area (Å²) in [6, 6.07) is 11.1. The molecule has 0 saturated heterocycles. The molecular weight excluding hydrogens is 238 g/mol. The van der Waals surface area contributed by atoms with Crippen molar-refractivity contribution in [3.8, 4) is 0 Å². The monoisotopic (exact) mass is 249 g/mol. The normalized spacial score (nSPS) is 23.0. The minimum Gasteiger partial charge on any atom is -0.357 e. The van der Waals surface area contributed by atoms with Crippen LogP contribution in [0.3, 0.4) is 0 Å². The molecular formula is C11H11N3S2. The molecule has 2 atom stereocenters. The molecule has 2 aromatic rings. The van der Waals surface area contributed by atoms with Crippen LogP contribution in [0.25, 0.3) is 0 Å². The molecule has 3 rings (SSSR count). The van der Waals surface area contributed by atoms with Gasteiger partial charge in [-0.05, 0) is 24.2 Å². The van der Waals surface area contributed by atoms with Crippen molar-refractivity contribution in [1.29, 1.82) is 0 Å². The van der Waals surface area contributed by atoms with Crippen LogP contribution in [0.2, 0.25) is 0 Å². The average Bonchev–Trinajstić information content (AvgIpc) is 2.95. The number of H-pyrrole nitrogens is 1.